The minimum absolute atomic E-state index is 0.0700. The van der Waals surface area contributed by atoms with Crippen molar-refractivity contribution in [1.29, 1.82) is 0 Å². The lowest BCUT2D eigenvalue weighted by Crippen LogP contribution is -2.17. The first-order valence-corrected chi connectivity index (χ1v) is 10.3. The average molecular weight is 456 g/mol. The van der Waals surface area contributed by atoms with Crippen LogP contribution in [0.1, 0.15) is 5.56 Å². The molecule has 3 rings (SSSR count). The molecule has 5 nitrogen and oxygen atoms in total. The second-order valence-electron chi connectivity index (χ2n) is 4.89. The molecule has 1 aliphatic rings. The van der Waals surface area contributed by atoms with Crippen LogP contribution in [0, 0.1) is 0 Å². The molecule has 1 fully saturated rings. The minimum Gasteiger partial charge on any atom is -0.378 e. The molecule has 0 atom stereocenters. The summed E-state index contributed by atoms with van der Waals surface area (Å²) < 4.78 is 30.6. The van der Waals surface area contributed by atoms with E-state index in [1.54, 1.807) is 36.4 Å². The zero-order valence-electron chi connectivity index (χ0n) is 12.4. The van der Waals surface area contributed by atoms with E-state index in [4.69, 9.17) is 16.4 Å². The standard InChI is InChI=1S/C16H10BrNO4S3/c17-12-8-10(9-14-15(19)18-16(23)24-14)6-7-13(12)22-25(20,21)11-4-2-1-3-5-11/h1-9H,(H,18,19,23)/b14-9-. The summed E-state index contributed by atoms with van der Waals surface area (Å²) in [5, 5.41) is 2.53. The number of nitrogens with one attached hydrogen (secondary N) is 1. The summed E-state index contributed by atoms with van der Waals surface area (Å²) in [6, 6.07) is 12.7. The van der Waals surface area contributed by atoms with Gasteiger partial charge >= 0.3 is 10.1 Å². The maximum atomic E-state index is 12.3. The Labute approximate surface area is 162 Å². The van der Waals surface area contributed by atoms with Crippen molar-refractivity contribution in [2.45, 2.75) is 4.90 Å². The number of hydrogen-bond acceptors (Lipinski definition) is 6. The highest BCUT2D eigenvalue weighted by atomic mass is 79.9. The third-order valence-corrected chi connectivity index (χ3v) is 6.16. The number of carbonyl (C=O) groups is 1. The second-order valence-corrected chi connectivity index (χ2v) is 9.01. The Kier molecular flexibility index (Phi) is 5.28. The number of carbonyl (C=O) groups excluding carboxylic acids is 1. The summed E-state index contributed by atoms with van der Waals surface area (Å²) in [5.74, 6) is -0.0943. The van der Waals surface area contributed by atoms with Gasteiger partial charge in [0.2, 0.25) is 0 Å². The van der Waals surface area contributed by atoms with E-state index in [0.29, 0.717) is 19.3 Å². The van der Waals surface area contributed by atoms with E-state index in [0.717, 1.165) is 0 Å². The highest BCUT2D eigenvalue weighted by molar-refractivity contribution is 9.10. The van der Waals surface area contributed by atoms with Crippen molar-refractivity contribution in [2.75, 3.05) is 0 Å². The molecular weight excluding hydrogens is 446 g/mol. The van der Waals surface area contributed by atoms with E-state index in [1.165, 1.54) is 30.0 Å². The van der Waals surface area contributed by atoms with Crippen LogP contribution in [-0.2, 0) is 14.9 Å². The average Bonchev–Trinajstić information content (AvgIpc) is 2.88. The number of thioether (sulfide) groups is 1. The maximum absolute atomic E-state index is 12.3. The smallest absolute Gasteiger partial charge is 0.339 e. The molecule has 9 heteroatoms. The summed E-state index contributed by atoms with van der Waals surface area (Å²) >= 11 is 9.41. The fourth-order valence-corrected chi connectivity index (χ4v) is 4.60. The lowest BCUT2D eigenvalue weighted by molar-refractivity contribution is -0.115. The first-order chi connectivity index (χ1) is 11.8. The number of amides is 1. The highest BCUT2D eigenvalue weighted by Gasteiger charge is 2.22. The molecule has 0 bridgehead atoms. The predicted octanol–water partition coefficient (Wildman–Crippen LogP) is 3.71. The van der Waals surface area contributed by atoms with Crippen LogP contribution >= 0.6 is 39.9 Å². The highest BCUT2D eigenvalue weighted by Crippen LogP contribution is 2.31. The number of halogens is 1. The summed E-state index contributed by atoms with van der Waals surface area (Å²) in [6.07, 6.45) is 1.67. The molecule has 2 aromatic carbocycles. The molecule has 0 aromatic heterocycles. The van der Waals surface area contributed by atoms with Crippen molar-refractivity contribution in [2.24, 2.45) is 0 Å². The van der Waals surface area contributed by atoms with E-state index < -0.39 is 10.1 Å². The molecule has 1 amide bonds. The Bertz CT molecular complexity index is 988. The zero-order valence-corrected chi connectivity index (χ0v) is 16.5. The van der Waals surface area contributed by atoms with Crippen LogP contribution in [0.4, 0.5) is 0 Å². The quantitative estimate of drug-likeness (QED) is 0.430. The van der Waals surface area contributed by atoms with E-state index in [9.17, 15) is 13.2 Å². The molecular formula is C16H10BrNO4S3. The van der Waals surface area contributed by atoms with Crippen LogP contribution in [0.5, 0.6) is 5.75 Å². The van der Waals surface area contributed by atoms with Crippen molar-refractivity contribution in [3.63, 3.8) is 0 Å². The molecule has 2 aromatic rings. The fourth-order valence-electron chi connectivity index (χ4n) is 2.00. The Morgan fingerprint density at radius 1 is 1.16 bits per heavy atom. The van der Waals surface area contributed by atoms with E-state index in [1.807, 2.05) is 0 Å². The van der Waals surface area contributed by atoms with Gasteiger partial charge in [-0.1, -0.05) is 48.2 Å². The molecule has 1 heterocycles. The van der Waals surface area contributed by atoms with Gasteiger partial charge in [0, 0.05) is 0 Å². The third-order valence-electron chi connectivity index (χ3n) is 3.13. The normalized spacial score (nSPS) is 16.1. The molecule has 0 radical (unpaired) electrons. The van der Waals surface area contributed by atoms with Crippen LogP contribution in [0.25, 0.3) is 6.08 Å². The Balaban J connectivity index is 1.85. The predicted molar refractivity (Wildman–Crippen MR) is 105 cm³/mol. The second kappa shape index (κ2) is 7.28. The summed E-state index contributed by atoms with van der Waals surface area (Å²) in [4.78, 5) is 12.2. The van der Waals surface area contributed by atoms with Gasteiger partial charge in [-0.2, -0.15) is 8.42 Å². The van der Waals surface area contributed by atoms with E-state index in [2.05, 4.69) is 21.2 Å². The van der Waals surface area contributed by atoms with Gasteiger partial charge in [-0.3, -0.25) is 4.79 Å². The van der Waals surface area contributed by atoms with Crippen LogP contribution in [0.15, 0.2) is 62.8 Å². The lowest BCUT2D eigenvalue weighted by Gasteiger charge is -2.09. The number of benzene rings is 2. The molecule has 25 heavy (non-hydrogen) atoms. The van der Waals surface area contributed by atoms with E-state index >= 15 is 0 Å². The number of thiocarbonyl (C=S) groups is 1. The Morgan fingerprint density at radius 2 is 1.88 bits per heavy atom. The fraction of sp³-hybridized carbons (Fsp3) is 0. The molecule has 0 aliphatic carbocycles. The third kappa shape index (κ3) is 4.30. The number of hydrogen-bond donors (Lipinski definition) is 1. The van der Waals surface area contributed by atoms with Gasteiger partial charge in [0.25, 0.3) is 5.91 Å². The molecule has 1 saturated heterocycles. The van der Waals surface area contributed by atoms with Crippen LogP contribution in [0.2, 0.25) is 0 Å². The molecule has 1 N–H and O–H groups in total. The van der Waals surface area contributed by atoms with Crippen LogP contribution < -0.4 is 9.50 Å². The maximum Gasteiger partial charge on any atom is 0.339 e. The molecule has 128 valence electrons. The van der Waals surface area contributed by atoms with Gasteiger partial charge in [0.05, 0.1) is 9.38 Å². The van der Waals surface area contributed by atoms with Crippen LogP contribution in [0.3, 0.4) is 0 Å². The molecule has 0 spiro atoms. The van der Waals surface area contributed by atoms with Gasteiger partial charge in [0.1, 0.15) is 9.22 Å². The van der Waals surface area contributed by atoms with Gasteiger partial charge in [-0.25, -0.2) is 0 Å². The number of rotatable bonds is 4. The monoisotopic (exact) mass is 455 g/mol. The van der Waals surface area contributed by atoms with Gasteiger partial charge in [0.15, 0.2) is 5.75 Å². The first-order valence-electron chi connectivity index (χ1n) is 6.89. The minimum atomic E-state index is -3.92. The largest absolute Gasteiger partial charge is 0.378 e. The van der Waals surface area contributed by atoms with Gasteiger partial charge in [-0.05, 0) is 51.8 Å². The topological polar surface area (TPSA) is 72.5 Å². The SMILES string of the molecule is O=C1NC(=S)S/C1=C\c1ccc(OS(=O)(=O)c2ccccc2)c(Br)c1. The van der Waals surface area contributed by atoms with E-state index in [-0.39, 0.29) is 16.6 Å². The first kappa shape index (κ1) is 18.1. The van der Waals surface area contributed by atoms with Crippen LogP contribution in [-0.4, -0.2) is 18.6 Å². The molecule has 0 unspecified atom stereocenters. The lowest BCUT2D eigenvalue weighted by atomic mass is 10.2. The molecule has 1 aliphatic heterocycles. The van der Waals surface area contributed by atoms with Crippen molar-refractivity contribution in [3.8, 4) is 5.75 Å². The Hall–Kier alpha value is -1.68. The van der Waals surface area contributed by atoms with Crippen molar-refractivity contribution in [3.05, 3.63) is 63.5 Å². The molecule has 0 saturated carbocycles. The summed E-state index contributed by atoms with van der Waals surface area (Å²) in [7, 11) is -3.92. The summed E-state index contributed by atoms with van der Waals surface area (Å²) in [5.41, 5.74) is 0.707. The van der Waals surface area contributed by atoms with Crippen molar-refractivity contribution < 1.29 is 17.4 Å². The summed E-state index contributed by atoms with van der Waals surface area (Å²) in [6.45, 7) is 0. The van der Waals surface area contributed by atoms with Gasteiger partial charge < -0.3 is 9.50 Å². The Morgan fingerprint density at radius 3 is 2.48 bits per heavy atom. The zero-order chi connectivity index (χ0) is 18.0. The van der Waals surface area contributed by atoms with Gasteiger partial charge in [-0.15, -0.1) is 0 Å². The van der Waals surface area contributed by atoms with Crippen molar-refractivity contribution >= 4 is 66.3 Å². The van der Waals surface area contributed by atoms with Crippen molar-refractivity contribution in [1.82, 2.24) is 5.32 Å².